The topological polar surface area (TPSA) is 99.3 Å². The molecule has 94 valence electrons. The second-order valence-electron chi connectivity index (χ2n) is 3.18. The smallest absolute Gasteiger partial charge is 0.303 e. The lowest BCUT2D eigenvalue weighted by molar-refractivity contribution is -0.147. The van der Waals surface area contributed by atoms with Gasteiger partial charge in [-0.25, -0.2) is 17.9 Å². The van der Waals surface area contributed by atoms with Crippen molar-refractivity contribution in [2.24, 2.45) is 5.14 Å². The molecule has 1 unspecified atom stereocenters. The van der Waals surface area contributed by atoms with Gasteiger partial charge >= 0.3 is 5.97 Å². The Kier molecular flexibility index (Phi) is 4.13. The molecule has 17 heavy (non-hydrogen) atoms. The number of aromatic nitrogens is 1. The number of halogens is 1. The van der Waals surface area contributed by atoms with Crippen LogP contribution in [0.25, 0.3) is 0 Å². The number of primary sulfonamides is 1. The molecule has 6 nitrogen and oxygen atoms in total. The molecule has 0 aliphatic carbocycles. The highest BCUT2D eigenvalue weighted by Crippen LogP contribution is 2.22. The number of pyridine rings is 1. The first-order valence-electron chi connectivity index (χ1n) is 4.57. The molecule has 1 atom stereocenters. The van der Waals surface area contributed by atoms with Crippen LogP contribution in [0.2, 0.25) is 0 Å². The lowest BCUT2D eigenvalue weighted by Crippen LogP contribution is -2.20. The first-order chi connectivity index (χ1) is 7.86. The number of rotatable bonds is 4. The SMILES string of the molecule is CC(=O)OC(CF)c1ncccc1S(N)(=O)=O. The van der Waals surface area contributed by atoms with E-state index in [4.69, 9.17) is 5.14 Å². The van der Waals surface area contributed by atoms with Crippen molar-refractivity contribution in [2.75, 3.05) is 6.67 Å². The Morgan fingerprint density at radius 2 is 2.29 bits per heavy atom. The van der Waals surface area contributed by atoms with E-state index in [9.17, 15) is 17.6 Å². The average molecular weight is 262 g/mol. The maximum absolute atomic E-state index is 12.7. The quantitative estimate of drug-likeness (QED) is 0.787. The van der Waals surface area contributed by atoms with Gasteiger partial charge in [0.05, 0.1) is 0 Å². The second kappa shape index (κ2) is 5.19. The molecule has 0 fully saturated rings. The van der Waals surface area contributed by atoms with Crippen molar-refractivity contribution >= 4 is 16.0 Å². The fourth-order valence-corrected chi connectivity index (χ4v) is 1.99. The Labute approximate surface area is 97.7 Å². The van der Waals surface area contributed by atoms with Crippen molar-refractivity contribution in [3.05, 3.63) is 24.0 Å². The molecule has 0 radical (unpaired) electrons. The number of carbonyl (C=O) groups excluding carboxylic acids is 1. The monoisotopic (exact) mass is 262 g/mol. The van der Waals surface area contributed by atoms with Gasteiger partial charge in [-0.05, 0) is 12.1 Å². The molecular weight excluding hydrogens is 251 g/mol. The Morgan fingerprint density at radius 1 is 1.65 bits per heavy atom. The first-order valence-corrected chi connectivity index (χ1v) is 6.11. The predicted molar refractivity (Wildman–Crippen MR) is 56.1 cm³/mol. The van der Waals surface area contributed by atoms with Crippen molar-refractivity contribution in [2.45, 2.75) is 17.9 Å². The summed E-state index contributed by atoms with van der Waals surface area (Å²) in [5.74, 6) is -0.737. The average Bonchev–Trinajstić information content (AvgIpc) is 2.24. The maximum atomic E-state index is 12.7. The van der Waals surface area contributed by atoms with Gasteiger partial charge in [0.25, 0.3) is 0 Å². The van der Waals surface area contributed by atoms with Crippen LogP contribution in [-0.4, -0.2) is 26.0 Å². The Balaban J connectivity index is 3.24. The summed E-state index contributed by atoms with van der Waals surface area (Å²) in [5.41, 5.74) is -0.215. The molecule has 0 spiro atoms. The van der Waals surface area contributed by atoms with Crippen LogP contribution in [0.5, 0.6) is 0 Å². The molecule has 0 amide bonds. The minimum Gasteiger partial charge on any atom is -0.453 e. The molecule has 8 heteroatoms. The van der Waals surface area contributed by atoms with E-state index in [0.29, 0.717) is 0 Å². The number of alkyl halides is 1. The Morgan fingerprint density at radius 3 is 2.76 bits per heavy atom. The molecule has 1 heterocycles. The van der Waals surface area contributed by atoms with Crippen molar-refractivity contribution in [1.82, 2.24) is 4.98 Å². The molecular formula is C9H11FN2O4S. The van der Waals surface area contributed by atoms with Crippen molar-refractivity contribution < 1.29 is 22.3 Å². The van der Waals surface area contributed by atoms with Gasteiger partial charge in [0.15, 0.2) is 6.10 Å². The minimum absolute atomic E-state index is 0.215. The number of nitrogens with two attached hydrogens (primary N) is 1. The van der Waals surface area contributed by atoms with Crippen LogP contribution in [0.15, 0.2) is 23.2 Å². The normalized spacial score (nSPS) is 13.1. The summed E-state index contributed by atoms with van der Waals surface area (Å²) in [7, 11) is -4.04. The van der Waals surface area contributed by atoms with E-state index in [-0.39, 0.29) is 10.6 Å². The summed E-state index contributed by atoms with van der Waals surface area (Å²) in [6.45, 7) is 0.00132. The van der Waals surface area contributed by atoms with Crippen LogP contribution >= 0.6 is 0 Å². The zero-order valence-corrected chi connectivity index (χ0v) is 9.78. The van der Waals surface area contributed by atoms with E-state index in [1.54, 1.807) is 0 Å². The van der Waals surface area contributed by atoms with Gasteiger partial charge in [0.1, 0.15) is 17.3 Å². The van der Waals surface area contributed by atoms with E-state index in [1.807, 2.05) is 0 Å². The maximum Gasteiger partial charge on any atom is 0.303 e. The minimum atomic E-state index is -4.04. The Bertz CT molecular complexity index is 517. The molecule has 0 aromatic carbocycles. The Hall–Kier alpha value is -1.54. The fraction of sp³-hybridized carbons (Fsp3) is 0.333. The molecule has 1 aromatic heterocycles. The van der Waals surface area contributed by atoms with E-state index in [0.717, 1.165) is 6.92 Å². The van der Waals surface area contributed by atoms with Gasteiger partial charge in [-0.1, -0.05) is 0 Å². The third-order valence-corrected chi connectivity index (χ3v) is 2.82. The molecule has 1 aromatic rings. The van der Waals surface area contributed by atoms with Crippen LogP contribution in [0, 0.1) is 0 Å². The summed E-state index contributed by atoms with van der Waals surface area (Å²) in [4.78, 5) is 14.1. The van der Waals surface area contributed by atoms with E-state index in [1.165, 1.54) is 18.3 Å². The summed E-state index contributed by atoms with van der Waals surface area (Å²) in [5, 5.41) is 4.95. The van der Waals surface area contributed by atoms with Gasteiger partial charge in [0, 0.05) is 13.1 Å². The zero-order chi connectivity index (χ0) is 13.1. The highest BCUT2D eigenvalue weighted by atomic mass is 32.2. The van der Waals surface area contributed by atoms with E-state index in [2.05, 4.69) is 9.72 Å². The molecule has 0 aliphatic heterocycles. The lowest BCUT2D eigenvalue weighted by atomic mass is 10.2. The van der Waals surface area contributed by atoms with Gasteiger partial charge in [-0.2, -0.15) is 0 Å². The van der Waals surface area contributed by atoms with Crippen molar-refractivity contribution in [3.63, 3.8) is 0 Å². The molecule has 0 saturated heterocycles. The third-order valence-electron chi connectivity index (χ3n) is 1.86. The zero-order valence-electron chi connectivity index (χ0n) is 8.96. The summed E-state index contributed by atoms with van der Waals surface area (Å²) < 4.78 is 39.8. The third kappa shape index (κ3) is 3.46. The molecule has 1 rings (SSSR count). The summed E-state index contributed by atoms with van der Waals surface area (Å²) in [6, 6.07) is 2.51. The van der Waals surface area contributed by atoms with Gasteiger partial charge in [-0.3, -0.25) is 9.78 Å². The number of ether oxygens (including phenoxy) is 1. The standard InChI is InChI=1S/C9H11FN2O4S/c1-6(13)16-7(5-10)9-8(17(11,14)15)3-2-4-12-9/h2-4,7H,5H2,1H3,(H2,11,14,15). The molecule has 0 bridgehead atoms. The van der Waals surface area contributed by atoms with E-state index < -0.39 is 28.8 Å². The number of nitrogens with zero attached hydrogens (tertiary/aromatic N) is 1. The number of sulfonamides is 1. The fourth-order valence-electron chi connectivity index (χ4n) is 1.25. The highest BCUT2D eigenvalue weighted by molar-refractivity contribution is 7.89. The van der Waals surface area contributed by atoms with Crippen LogP contribution < -0.4 is 5.14 Å². The van der Waals surface area contributed by atoms with Crippen LogP contribution in [0.4, 0.5) is 4.39 Å². The highest BCUT2D eigenvalue weighted by Gasteiger charge is 2.24. The summed E-state index contributed by atoms with van der Waals surface area (Å²) >= 11 is 0. The predicted octanol–water partition coefficient (Wildman–Crippen LogP) is 0.303. The lowest BCUT2D eigenvalue weighted by Gasteiger charge is -2.15. The number of carbonyl (C=O) groups is 1. The first kappa shape index (κ1) is 13.5. The summed E-state index contributed by atoms with van der Waals surface area (Å²) in [6.07, 6.45) is -0.113. The number of hydrogen-bond acceptors (Lipinski definition) is 5. The molecule has 2 N–H and O–H groups in total. The van der Waals surface area contributed by atoms with Crippen LogP contribution in [0.1, 0.15) is 18.7 Å². The molecule has 0 saturated carbocycles. The van der Waals surface area contributed by atoms with Crippen molar-refractivity contribution in [3.8, 4) is 0 Å². The van der Waals surface area contributed by atoms with Gasteiger partial charge in [-0.15, -0.1) is 0 Å². The number of esters is 1. The van der Waals surface area contributed by atoms with Crippen molar-refractivity contribution in [1.29, 1.82) is 0 Å². The number of hydrogen-bond donors (Lipinski definition) is 1. The van der Waals surface area contributed by atoms with Crippen LogP contribution in [0.3, 0.4) is 0 Å². The molecule has 0 aliphatic rings. The van der Waals surface area contributed by atoms with E-state index >= 15 is 0 Å². The van der Waals surface area contributed by atoms with Gasteiger partial charge < -0.3 is 4.74 Å². The second-order valence-corrected chi connectivity index (χ2v) is 4.71. The van der Waals surface area contributed by atoms with Crippen LogP contribution in [-0.2, 0) is 19.6 Å². The van der Waals surface area contributed by atoms with Gasteiger partial charge in [0.2, 0.25) is 10.0 Å². The largest absolute Gasteiger partial charge is 0.453 e.